The van der Waals surface area contributed by atoms with Crippen molar-refractivity contribution in [2.45, 2.75) is 45.2 Å². The molecule has 8 nitrogen and oxygen atoms in total. The second kappa shape index (κ2) is 9.09. The lowest BCUT2D eigenvalue weighted by molar-refractivity contribution is -0.274. The van der Waals surface area contributed by atoms with E-state index in [4.69, 9.17) is 10.5 Å². The Morgan fingerprint density at radius 3 is 2.73 bits per heavy atom. The Morgan fingerprint density at radius 1 is 1.19 bits per heavy atom. The number of nitrogens with zero attached hydrogens (tertiary/aromatic N) is 4. The first kappa shape index (κ1) is 24.6. The number of rotatable bonds is 2. The highest BCUT2D eigenvalue weighted by Crippen LogP contribution is 2.46. The first-order valence-electron chi connectivity index (χ1n) is 11.8. The third-order valence-corrected chi connectivity index (χ3v) is 6.35. The van der Waals surface area contributed by atoms with Gasteiger partial charge in [-0.05, 0) is 31.0 Å². The lowest BCUT2D eigenvalue weighted by atomic mass is 9.93. The van der Waals surface area contributed by atoms with Crippen molar-refractivity contribution in [3.05, 3.63) is 59.8 Å². The number of hydrogen-bond donors (Lipinski definition) is 1. The topological polar surface area (TPSA) is 95.0 Å². The van der Waals surface area contributed by atoms with Crippen LogP contribution in [-0.2, 0) is 0 Å². The van der Waals surface area contributed by atoms with Crippen molar-refractivity contribution in [1.82, 2.24) is 19.3 Å². The summed E-state index contributed by atoms with van der Waals surface area (Å²) in [6, 6.07) is 5.78. The molecule has 12 heteroatoms. The van der Waals surface area contributed by atoms with Gasteiger partial charge in [-0.25, -0.2) is 14.4 Å². The molecule has 2 atom stereocenters. The summed E-state index contributed by atoms with van der Waals surface area (Å²) in [5.41, 5.74) is 7.56. The molecule has 1 amide bonds. The molecule has 2 aliphatic rings. The number of fused-ring (bicyclic) bond motifs is 6. The predicted molar refractivity (Wildman–Crippen MR) is 127 cm³/mol. The Labute approximate surface area is 208 Å². The molecule has 4 aromatic rings. The van der Waals surface area contributed by atoms with E-state index in [9.17, 15) is 18.0 Å². The number of halogens is 4. The number of carbonyl (C=O) groups is 1. The number of amides is 1. The summed E-state index contributed by atoms with van der Waals surface area (Å²) in [6.07, 6.45) is -1.10. The summed E-state index contributed by atoms with van der Waals surface area (Å²) >= 11 is 0. The minimum absolute atomic E-state index is 0.162. The number of hydrogen-bond acceptors (Lipinski definition) is 6. The zero-order valence-electron chi connectivity index (χ0n) is 19.9. The van der Waals surface area contributed by atoms with E-state index in [-0.39, 0.29) is 22.6 Å². The van der Waals surface area contributed by atoms with E-state index in [0.717, 1.165) is 12.1 Å². The smallest absolute Gasteiger partial charge is 0.487 e. The maximum atomic E-state index is 15.1. The number of ether oxygens (including phenoxy) is 2. The quantitative estimate of drug-likeness (QED) is 0.364. The van der Waals surface area contributed by atoms with E-state index in [2.05, 4.69) is 14.7 Å². The third-order valence-electron chi connectivity index (χ3n) is 6.35. The van der Waals surface area contributed by atoms with Gasteiger partial charge in [0.05, 0.1) is 35.2 Å². The molecular formula is C25H23F4N5O3. The molecule has 4 heterocycles. The van der Waals surface area contributed by atoms with E-state index < -0.39 is 36.0 Å². The van der Waals surface area contributed by atoms with E-state index in [0.29, 0.717) is 36.0 Å². The van der Waals surface area contributed by atoms with Gasteiger partial charge in [0.1, 0.15) is 34.8 Å². The molecule has 37 heavy (non-hydrogen) atoms. The highest BCUT2D eigenvalue weighted by atomic mass is 19.4. The predicted octanol–water partition coefficient (Wildman–Crippen LogP) is 5.27. The average Bonchev–Trinajstić information content (AvgIpc) is 3.49. The highest BCUT2D eigenvalue weighted by molar-refractivity contribution is 5.99. The van der Waals surface area contributed by atoms with Gasteiger partial charge in [0, 0.05) is 24.2 Å². The fourth-order valence-electron chi connectivity index (χ4n) is 4.92. The Bertz CT molecular complexity index is 1500. The number of piperidine rings is 1. The number of imidazole rings is 1. The third kappa shape index (κ3) is 4.25. The minimum Gasteiger partial charge on any atom is -0.487 e. The maximum absolute atomic E-state index is 15.1. The zero-order valence-corrected chi connectivity index (χ0v) is 19.9. The van der Waals surface area contributed by atoms with E-state index in [1.54, 1.807) is 4.40 Å². The van der Waals surface area contributed by atoms with E-state index >= 15 is 4.39 Å². The summed E-state index contributed by atoms with van der Waals surface area (Å²) in [7, 11) is 0. The Kier molecular flexibility index (Phi) is 6.04. The largest absolute Gasteiger partial charge is 0.573 e. The van der Waals surface area contributed by atoms with Crippen molar-refractivity contribution in [3.8, 4) is 11.5 Å². The Balaban J connectivity index is 0.00000137. The molecule has 2 N–H and O–H groups in total. The molecule has 0 saturated carbocycles. The maximum Gasteiger partial charge on any atom is 0.573 e. The van der Waals surface area contributed by atoms with Gasteiger partial charge in [-0.2, -0.15) is 0 Å². The van der Waals surface area contributed by atoms with Crippen molar-refractivity contribution in [2.24, 2.45) is 0 Å². The number of aromatic nitrogens is 3. The summed E-state index contributed by atoms with van der Waals surface area (Å²) < 4.78 is 64.5. The van der Waals surface area contributed by atoms with Crippen LogP contribution in [0.4, 0.5) is 23.4 Å². The molecule has 1 saturated heterocycles. The number of benzene rings is 2. The summed E-state index contributed by atoms with van der Waals surface area (Å²) in [5.74, 6) is -1.34. The number of nitrogens with two attached hydrogens (primary N) is 1. The van der Waals surface area contributed by atoms with Crippen molar-refractivity contribution in [2.75, 3.05) is 12.3 Å². The molecule has 2 aliphatic heterocycles. The van der Waals surface area contributed by atoms with Crippen LogP contribution in [0, 0.1) is 5.82 Å². The van der Waals surface area contributed by atoms with Gasteiger partial charge in [-0.1, -0.05) is 13.8 Å². The van der Waals surface area contributed by atoms with E-state index in [1.807, 2.05) is 13.8 Å². The summed E-state index contributed by atoms with van der Waals surface area (Å²) in [5, 5.41) is 0. The molecule has 6 rings (SSSR count). The van der Waals surface area contributed by atoms with Crippen LogP contribution in [0.5, 0.6) is 11.5 Å². The molecule has 1 fully saturated rings. The molecule has 0 radical (unpaired) electrons. The SMILES string of the molecule is CC.Nc1nc2cc(F)c(C(=O)N3CCCC4Oc5cc(OC(F)(F)F)ccc5C43)cc2n2cncc12. The normalized spacial score (nSPS) is 18.6. The van der Waals surface area contributed by atoms with Crippen molar-refractivity contribution >= 4 is 28.3 Å². The molecule has 2 aromatic carbocycles. The molecular weight excluding hydrogens is 494 g/mol. The second-order valence-corrected chi connectivity index (χ2v) is 8.46. The van der Waals surface area contributed by atoms with E-state index in [1.165, 1.54) is 35.6 Å². The van der Waals surface area contributed by atoms with Crippen molar-refractivity contribution in [1.29, 1.82) is 0 Å². The molecule has 0 spiro atoms. The number of alkyl halides is 3. The minimum atomic E-state index is -4.84. The molecule has 0 aliphatic carbocycles. The second-order valence-electron chi connectivity index (χ2n) is 8.46. The van der Waals surface area contributed by atoms with Crippen LogP contribution < -0.4 is 15.2 Å². The first-order chi connectivity index (χ1) is 17.7. The fraction of sp³-hybridized carbons (Fsp3) is 0.320. The number of nitrogen functional groups attached to an aromatic ring is 1. The zero-order chi connectivity index (χ0) is 26.5. The van der Waals surface area contributed by atoms with Crippen LogP contribution in [0.15, 0.2) is 42.9 Å². The molecule has 2 aromatic heterocycles. The van der Waals surface area contributed by atoms with Crippen LogP contribution in [0.25, 0.3) is 16.6 Å². The van der Waals surface area contributed by atoms with Gasteiger partial charge >= 0.3 is 6.36 Å². The van der Waals surface area contributed by atoms with Gasteiger partial charge in [-0.15, -0.1) is 13.2 Å². The van der Waals surface area contributed by atoms with Crippen LogP contribution in [0.3, 0.4) is 0 Å². The lowest BCUT2D eigenvalue weighted by Gasteiger charge is -2.36. The lowest BCUT2D eigenvalue weighted by Crippen LogP contribution is -2.44. The average molecular weight is 517 g/mol. The Morgan fingerprint density at radius 2 is 1.97 bits per heavy atom. The molecule has 194 valence electrons. The number of anilines is 1. The van der Waals surface area contributed by atoms with Gasteiger partial charge in [0.15, 0.2) is 0 Å². The van der Waals surface area contributed by atoms with Gasteiger partial charge in [0.2, 0.25) is 0 Å². The van der Waals surface area contributed by atoms with Crippen LogP contribution >= 0.6 is 0 Å². The molecule has 0 bridgehead atoms. The number of carbonyl (C=O) groups excluding carboxylic acids is 1. The Hall–Kier alpha value is -4.09. The number of likely N-dealkylation sites (tertiary alicyclic amines) is 1. The fourth-order valence-corrected chi connectivity index (χ4v) is 4.92. The summed E-state index contributed by atoms with van der Waals surface area (Å²) in [6.45, 7) is 4.33. The summed E-state index contributed by atoms with van der Waals surface area (Å²) in [4.78, 5) is 23.4. The van der Waals surface area contributed by atoms with Crippen molar-refractivity contribution in [3.63, 3.8) is 0 Å². The van der Waals surface area contributed by atoms with Gasteiger partial charge in [-0.3, -0.25) is 9.20 Å². The van der Waals surface area contributed by atoms with Crippen LogP contribution in [-0.4, -0.2) is 44.2 Å². The first-order valence-corrected chi connectivity index (χ1v) is 11.8. The van der Waals surface area contributed by atoms with Crippen LogP contribution in [0.1, 0.15) is 48.7 Å². The van der Waals surface area contributed by atoms with Crippen molar-refractivity contribution < 1.29 is 31.8 Å². The van der Waals surface area contributed by atoms with Gasteiger partial charge in [0.25, 0.3) is 5.91 Å². The molecule has 2 unspecified atom stereocenters. The van der Waals surface area contributed by atoms with Gasteiger partial charge < -0.3 is 20.1 Å². The van der Waals surface area contributed by atoms with Crippen LogP contribution in [0.2, 0.25) is 0 Å². The monoisotopic (exact) mass is 517 g/mol. The highest BCUT2D eigenvalue weighted by Gasteiger charge is 2.44. The standard InChI is InChI=1S/C23H17F4N5O3.C2H6/c24-14-8-15-16(32-10-29-9-17(32)21(28)30-15)7-13(14)22(33)31-5-1-2-18-20(31)12-4-3-11(6-19(12)34-18)35-23(25,26)27;1-2/h3-4,6-10,18,20H,1-2,5H2,(H2,28,30);1-2H3.